The molecular weight excluding hydrogens is 322 g/mol. The fourth-order valence-corrected chi connectivity index (χ4v) is 4.49. The van der Waals surface area contributed by atoms with Crippen LogP contribution in [-0.4, -0.2) is 66.7 Å². The second kappa shape index (κ2) is 9.33. The molecule has 0 aliphatic carbocycles. The van der Waals surface area contributed by atoms with E-state index in [2.05, 4.69) is 17.1 Å². The van der Waals surface area contributed by atoms with Crippen molar-refractivity contribution in [3.8, 4) is 0 Å². The maximum absolute atomic E-state index is 12.2. The molecule has 3 unspecified atom stereocenters. The van der Waals surface area contributed by atoms with Gasteiger partial charge in [0, 0.05) is 30.9 Å². The van der Waals surface area contributed by atoms with Gasteiger partial charge in [0.05, 0.1) is 19.3 Å². The lowest BCUT2D eigenvalue weighted by molar-refractivity contribution is -0.124. The third kappa shape index (κ3) is 4.74. The molecule has 2 saturated heterocycles. The number of hydrogen-bond acceptors (Lipinski definition) is 5. The fraction of sp³-hybridized carbons (Fsp3) is 0.933. The fourth-order valence-electron chi connectivity index (χ4n) is 3.02. The van der Waals surface area contributed by atoms with Crippen LogP contribution in [0.25, 0.3) is 0 Å². The van der Waals surface area contributed by atoms with E-state index in [9.17, 15) is 4.79 Å². The third-order valence-electron chi connectivity index (χ3n) is 4.92. The van der Waals surface area contributed by atoms with Crippen molar-refractivity contribution >= 4 is 30.1 Å². The summed E-state index contributed by atoms with van der Waals surface area (Å²) in [5.41, 5.74) is 6.12. The van der Waals surface area contributed by atoms with Crippen molar-refractivity contribution in [2.24, 2.45) is 11.7 Å². The van der Waals surface area contributed by atoms with Gasteiger partial charge in [-0.25, -0.2) is 0 Å². The molecule has 0 saturated carbocycles. The lowest BCUT2D eigenvalue weighted by Gasteiger charge is -2.43. The zero-order valence-electron chi connectivity index (χ0n) is 13.7. The minimum atomic E-state index is -0.397. The zero-order chi connectivity index (χ0) is 15.3. The highest BCUT2D eigenvalue weighted by molar-refractivity contribution is 7.99. The number of carbonyl (C=O) groups excluding carboxylic acids is 1. The van der Waals surface area contributed by atoms with Gasteiger partial charge >= 0.3 is 0 Å². The van der Waals surface area contributed by atoms with Gasteiger partial charge in [-0.2, -0.15) is 11.8 Å². The number of halogens is 1. The van der Waals surface area contributed by atoms with Crippen LogP contribution in [0.4, 0.5) is 0 Å². The summed E-state index contributed by atoms with van der Waals surface area (Å²) in [5, 5.41) is 3.12. The van der Waals surface area contributed by atoms with E-state index < -0.39 is 6.04 Å². The molecule has 2 fully saturated rings. The summed E-state index contributed by atoms with van der Waals surface area (Å²) in [5.74, 6) is 2.48. The molecule has 0 spiro atoms. The van der Waals surface area contributed by atoms with Crippen LogP contribution in [-0.2, 0) is 9.53 Å². The smallest absolute Gasteiger partial charge is 0.237 e. The first-order valence-corrected chi connectivity index (χ1v) is 9.18. The Morgan fingerprint density at radius 2 is 2.14 bits per heavy atom. The minimum absolute atomic E-state index is 0. The molecule has 3 atom stereocenters. The van der Waals surface area contributed by atoms with Gasteiger partial charge in [-0.3, -0.25) is 9.69 Å². The molecule has 5 nitrogen and oxygen atoms in total. The number of nitrogens with zero attached hydrogens (tertiary/aromatic N) is 1. The van der Waals surface area contributed by atoms with E-state index in [1.165, 1.54) is 5.75 Å². The maximum atomic E-state index is 12.2. The highest BCUT2D eigenvalue weighted by Gasteiger charge is 2.41. The first kappa shape index (κ1) is 20.0. The first-order valence-electron chi connectivity index (χ1n) is 8.03. The summed E-state index contributed by atoms with van der Waals surface area (Å²) in [6.45, 7) is 8.35. The summed E-state index contributed by atoms with van der Waals surface area (Å²) in [6, 6.07) is -0.397. The van der Waals surface area contributed by atoms with Crippen LogP contribution in [0.1, 0.15) is 26.7 Å². The molecule has 1 amide bonds. The largest absolute Gasteiger partial charge is 0.379 e. The molecule has 130 valence electrons. The average molecular weight is 352 g/mol. The van der Waals surface area contributed by atoms with E-state index in [1.807, 2.05) is 18.7 Å². The number of amides is 1. The molecular formula is C15H30ClN3O2S. The lowest BCUT2D eigenvalue weighted by atomic mass is 9.94. The number of nitrogens with two attached hydrogens (primary N) is 1. The Kier molecular flexibility index (Phi) is 8.49. The molecule has 0 bridgehead atoms. The monoisotopic (exact) mass is 351 g/mol. The van der Waals surface area contributed by atoms with Crippen LogP contribution >= 0.6 is 24.2 Å². The van der Waals surface area contributed by atoms with Gasteiger partial charge < -0.3 is 15.8 Å². The van der Waals surface area contributed by atoms with Crippen molar-refractivity contribution in [2.75, 3.05) is 44.4 Å². The van der Waals surface area contributed by atoms with Crippen LogP contribution in [0.2, 0.25) is 0 Å². The van der Waals surface area contributed by atoms with Crippen molar-refractivity contribution in [3.63, 3.8) is 0 Å². The summed E-state index contributed by atoms with van der Waals surface area (Å²) in [7, 11) is 0. The number of ether oxygens (including phenoxy) is 1. The predicted molar refractivity (Wildman–Crippen MR) is 94.8 cm³/mol. The van der Waals surface area contributed by atoms with Crippen LogP contribution in [0.15, 0.2) is 0 Å². The molecule has 2 heterocycles. The Bertz CT molecular complexity index is 348. The van der Waals surface area contributed by atoms with Crippen molar-refractivity contribution in [2.45, 2.75) is 38.3 Å². The van der Waals surface area contributed by atoms with Crippen LogP contribution in [0, 0.1) is 5.92 Å². The SMILES string of the molecule is CCC(C)C(N)C(=O)NCC1(N2CCOCC2)CCSC1.Cl. The van der Waals surface area contributed by atoms with Gasteiger partial charge in [0.1, 0.15) is 0 Å². The van der Waals surface area contributed by atoms with Crippen molar-refractivity contribution in [3.05, 3.63) is 0 Å². The highest BCUT2D eigenvalue weighted by atomic mass is 35.5. The number of nitrogens with one attached hydrogen (secondary N) is 1. The molecule has 7 heteroatoms. The van der Waals surface area contributed by atoms with Gasteiger partial charge in [0.2, 0.25) is 5.91 Å². The van der Waals surface area contributed by atoms with E-state index in [4.69, 9.17) is 10.5 Å². The summed E-state index contributed by atoms with van der Waals surface area (Å²) >= 11 is 1.98. The predicted octanol–water partition coefficient (Wildman–Crippen LogP) is 1.11. The Labute approximate surface area is 144 Å². The normalized spacial score (nSPS) is 28.7. The van der Waals surface area contributed by atoms with Gasteiger partial charge in [0.15, 0.2) is 0 Å². The lowest BCUT2D eigenvalue weighted by Crippen LogP contribution is -2.60. The number of morpholine rings is 1. The highest BCUT2D eigenvalue weighted by Crippen LogP contribution is 2.33. The van der Waals surface area contributed by atoms with Crippen molar-refractivity contribution in [1.29, 1.82) is 0 Å². The van der Waals surface area contributed by atoms with E-state index in [0.717, 1.165) is 44.9 Å². The quantitative estimate of drug-likeness (QED) is 0.750. The summed E-state index contributed by atoms with van der Waals surface area (Å²) in [6.07, 6.45) is 2.07. The van der Waals surface area contributed by atoms with E-state index in [-0.39, 0.29) is 29.8 Å². The number of carbonyl (C=O) groups is 1. The molecule has 2 rings (SSSR count). The molecule has 0 aromatic rings. The van der Waals surface area contributed by atoms with Gasteiger partial charge in [0.25, 0.3) is 0 Å². The topological polar surface area (TPSA) is 67.6 Å². The number of thioether (sulfide) groups is 1. The third-order valence-corrected chi connectivity index (χ3v) is 6.15. The summed E-state index contributed by atoms with van der Waals surface area (Å²) < 4.78 is 5.46. The molecule has 2 aliphatic rings. The average Bonchev–Trinajstić information content (AvgIpc) is 3.02. The maximum Gasteiger partial charge on any atom is 0.237 e. The van der Waals surface area contributed by atoms with Crippen LogP contribution < -0.4 is 11.1 Å². The van der Waals surface area contributed by atoms with Crippen LogP contribution in [0.5, 0.6) is 0 Å². The second-order valence-electron chi connectivity index (χ2n) is 6.26. The second-order valence-corrected chi connectivity index (χ2v) is 7.36. The van der Waals surface area contributed by atoms with Crippen molar-refractivity contribution in [1.82, 2.24) is 10.2 Å². The Hall–Kier alpha value is -0.0100. The van der Waals surface area contributed by atoms with Gasteiger partial charge in [-0.05, 0) is 18.1 Å². The van der Waals surface area contributed by atoms with Gasteiger partial charge in [-0.1, -0.05) is 20.3 Å². The Morgan fingerprint density at radius 1 is 1.45 bits per heavy atom. The van der Waals surface area contributed by atoms with Crippen molar-refractivity contribution < 1.29 is 9.53 Å². The molecule has 3 N–H and O–H groups in total. The first-order chi connectivity index (χ1) is 10.1. The zero-order valence-corrected chi connectivity index (χ0v) is 15.3. The van der Waals surface area contributed by atoms with Gasteiger partial charge in [-0.15, -0.1) is 12.4 Å². The minimum Gasteiger partial charge on any atom is -0.379 e. The van der Waals surface area contributed by atoms with E-state index in [0.29, 0.717) is 6.54 Å². The summed E-state index contributed by atoms with van der Waals surface area (Å²) in [4.78, 5) is 14.7. The van der Waals surface area contributed by atoms with E-state index >= 15 is 0 Å². The molecule has 0 aromatic heterocycles. The molecule has 22 heavy (non-hydrogen) atoms. The molecule has 2 aliphatic heterocycles. The van der Waals surface area contributed by atoms with Crippen LogP contribution in [0.3, 0.4) is 0 Å². The molecule has 0 aromatic carbocycles. The number of hydrogen-bond donors (Lipinski definition) is 2. The Morgan fingerprint density at radius 3 is 2.68 bits per heavy atom. The standard InChI is InChI=1S/C15H29N3O2S.ClH/c1-3-12(2)13(16)14(19)17-10-15(4-9-21-11-15)18-5-7-20-8-6-18;/h12-13H,3-11,16H2,1-2H3,(H,17,19);1H. The Balaban J connectivity index is 0.00000242. The number of rotatable bonds is 6. The molecule has 0 radical (unpaired) electrons. The van der Waals surface area contributed by atoms with E-state index in [1.54, 1.807) is 0 Å².